The Balaban J connectivity index is 0.000000461. The fourth-order valence-corrected chi connectivity index (χ4v) is 1.03. The summed E-state index contributed by atoms with van der Waals surface area (Å²) >= 11 is 0. The number of rotatable bonds is 2. The molecule has 64 valence electrons. The largest absolute Gasteiger partial charge is 0.327 e. The van der Waals surface area contributed by atoms with Gasteiger partial charge in [0.05, 0.1) is 0 Å². The van der Waals surface area contributed by atoms with E-state index in [9.17, 15) is 0 Å². The van der Waals surface area contributed by atoms with Gasteiger partial charge in [-0.1, -0.05) is 44.1 Å². The van der Waals surface area contributed by atoms with E-state index in [1.54, 1.807) is 0 Å². The van der Waals surface area contributed by atoms with Gasteiger partial charge in [0.15, 0.2) is 0 Å². The standard InChI is InChI=1S/C8H13N.C2H6/c1-2-7-3-4-8(5-7)6-9;1-2/h3,5H,2,4,6,9H2,1H3;1-2H3. The van der Waals surface area contributed by atoms with E-state index in [2.05, 4.69) is 19.1 Å². The zero-order valence-electron chi connectivity index (χ0n) is 7.85. The molecule has 0 saturated carbocycles. The predicted molar refractivity (Wildman–Crippen MR) is 51.5 cm³/mol. The van der Waals surface area contributed by atoms with Crippen molar-refractivity contribution in [3.05, 3.63) is 23.3 Å². The second-order valence-corrected chi connectivity index (χ2v) is 2.34. The van der Waals surface area contributed by atoms with Gasteiger partial charge in [0.25, 0.3) is 0 Å². The lowest BCUT2D eigenvalue weighted by molar-refractivity contribution is 1.09. The molecular weight excluding hydrogens is 134 g/mol. The minimum Gasteiger partial charge on any atom is -0.327 e. The Morgan fingerprint density at radius 3 is 2.36 bits per heavy atom. The van der Waals surface area contributed by atoms with Crippen LogP contribution >= 0.6 is 0 Å². The van der Waals surface area contributed by atoms with Crippen molar-refractivity contribution in [1.29, 1.82) is 0 Å². The Morgan fingerprint density at radius 1 is 1.45 bits per heavy atom. The van der Waals surface area contributed by atoms with Crippen molar-refractivity contribution in [1.82, 2.24) is 0 Å². The zero-order chi connectivity index (χ0) is 8.69. The first kappa shape index (κ1) is 10.4. The quantitative estimate of drug-likeness (QED) is 0.648. The number of allylic oxidation sites excluding steroid dienone is 3. The molecule has 0 spiro atoms. The van der Waals surface area contributed by atoms with Crippen LogP contribution in [0.3, 0.4) is 0 Å². The van der Waals surface area contributed by atoms with Crippen LogP contribution in [-0.4, -0.2) is 6.54 Å². The van der Waals surface area contributed by atoms with E-state index in [1.165, 1.54) is 11.1 Å². The highest BCUT2D eigenvalue weighted by molar-refractivity contribution is 5.32. The summed E-state index contributed by atoms with van der Waals surface area (Å²) in [6.07, 6.45) is 6.69. The van der Waals surface area contributed by atoms with Crippen molar-refractivity contribution in [2.24, 2.45) is 5.73 Å². The van der Waals surface area contributed by atoms with Crippen LogP contribution in [0.1, 0.15) is 33.6 Å². The molecule has 0 aromatic carbocycles. The van der Waals surface area contributed by atoms with E-state index in [0.29, 0.717) is 0 Å². The molecule has 0 bridgehead atoms. The average molecular weight is 153 g/mol. The summed E-state index contributed by atoms with van der Waals surface area (Å²) in [7, 11) is 0. The van der Waals surface area contributed by atoms with Gasteiger partial charge in [0.1, 0.15) is 0 Å². The molecule has 0 heterocycles. The molecule has 2 N–H and O–H groups in total. The predicted octanol–water partition coefficient (Wildman–Crippen LogP) is 2.64. The lowest BCUT2D eigenvalue weighted by atomic mass is 10.2. The highest BCUT2D eigenvalue weighted by atomic mass is 14.5. The van der Waals surface area contributed by atoms with Gasteiger partial charge in [-0.15, -0.1) is 0 Å². The Morgan fingerprint density at radius 2 is 2.09 bits per heavy atom. The summed E-state index contributed by atoms with van der Waals surface area (Å²) in [6, 6.07) is 0. The van der Waals surface area contributed by atoms with Crippen molar-refractivity contribution < 1.29 is 0 Å². The normalized spacial score (nSPS) is 14.9. The average Bonchev–Trinajstić information content (AvgIpc) is 2.55. The third-order valence-electron chi connectivity index (χ3n) is 1.69. The second-order valence-electron chi connectivity index (χ2n) is 2.34. The summed E-state index contributed by atoms with van der Waals surface area (Å²) in [5, 5.41) is 0. The van der Waals surface area contributed by atoms with Crippen LogP contribution in [0.2, 0.25) is 0 Å². The molecule has 1 aliphatic carbocycles. The first-order valence-corrected chi connectivity index (χ1v) is 4.45. The van der Waals surface area contributed by atoms with Gasteiger partial charge in [0, 0.05) is 6.54 Å². The zero-order valence-corrected chi connectivity index (χ0v) is 7.85. The van der Waals surface area contributed by atoms with Gasteiger partial charge in [-0.2, -0.15) is 0 Å². The summed E-state index contributed by atoms with van der Waals surface area (Å²) in [5.41, 5.74) is 8.26. The van der Waals surface area contributed by atoms with E-state index in [0.717, 1.165) is 19.4 Å². The second kappa shape index (κ2) is 6.17. The lowest BCUT2D eigenvalue weighted by Crippen LogP contribution is -2.00. The van der Waals surface area contributed by atoms with Crippen molar-refractivity contribution >= 4 is 0 Å². The van der Waals surface area contributed by atoms with E-state index >= 15 is 0 Å². The molecule has 0 fully saturated rings. The van der Waals surface area contributed by atoms with E-state index in [-0.39, 0.29) is 0 Å². The molecule has 1 heteroatoms. The lowest BCUT2D eigenvalue weighted by Gasteiger charge is -1.90. The molecule has 1 nitrogen and oxygen atoms in total. The third-order valence-corrected chi connectivity index (χ3v) is 1.69. The molecule has 0 aromatic rings. The highest BCUT2D eigenvalue weighted by Gasteiger charge is 2.01. The SMILES string of the molecule is CC.CCC1=CCC(CN)=C1. The summed E-state index contributed by atoms with van der Waals surface area (Å²) in [4.78, 5) is 0. The maximum absolute atomic E-state index is 5.45. The van der Waals surface area contributed by atoms with Gasteiger partial charge >= 0.3 is 0 Å². The van der Waals surface area contributed by atoms with Crippen LogP contribution in [0.25, 0.3) is 0 Å². The molecule has 11 heavy (non-hydrogen) atoms. The number of nitrogens with two attached hydrogens (primary N) is 1. The Hall–Kier alpha value is -0.560. The van der Waals surface area contributed by atoms with E-state index in [4.69, 9.17) is 5.73 Å². The minimum absolute atomic E-state index is 0.722. The number of hydrogen-bond acceptors (Lipinski definition) is 1. The molecule has 1 aliphatic rings. The molecule has 0 aliphatic heterocycles. The summed E-state index contributed by atoms with van der Waals surface area (Å²) in [6.45, 7) is 6.89. The topological polar surface area (TPSA) is 26.0 Å². The highest BCUT2D eigenvalue weighted by Crippen LogP contribution is 2.17. The van der Waals surface area contributed by atoms with Crippen LogP contribution in [0.5, 0.6) is 0 Å². The summed E-state index contributed by atoms with van der Waals surface area (Å²) in [5.74, 6) is 0. The van der Waals surface area contributed by atoms with Gasteiger partial charge in [0.2, 0.25) is 0 Å². The van der Waals surface area contributed by atoms with Crippen LogP contribution in [0.4, 0.5) is 0 Å². The van der Waals surface area contributed by atoms with Crippen LogP contribution in [-0.2, 0) is 0 Å². The molecule has 1 rings (SSSR count). The van der Waals surface area contributed by atoms with Crippen LogP contribution in [0, 0.1) is 0 Å². The Labute approximate surface area is 70.0 Å². The van der Waals surface area contributed by atoms with Crippen molar-refractivity contribution in [2.45, 2.75) is 33.6 Å². The van der Waals surface area contributed by atoms with Crippen LogP contribution in [0.15, 0.2) is 23.3 Å². The molecule has 0 unspecified atom stereocenters. The Bertz CT molecular complexity index is 154. The smallest absolute Gasteiger partial charge is 0.0143 e. The first-order valence-electron chi connectivity index (χ1n) is 4.45. The van der Waals surface area contributed by atoms with E-state index < -0.39 is 0 Å². The molecule has 0 saturated heterocycles. The van der Waals surface area contributed by atoms with E-state index in [1.807, 2.05) is 13.8 Å². The summed E-state index contributed by atoms with van der Waals surface area (Å²) < 4.78 is 0. The maximum Gasteiger partial charge on any atom is 0.0143 e. The number of hydrogen-bond donors (Lipinski definition) is 1. The van der Waals surface area contributed by atoms with Gasteiger partial charge in [-0.05, 0) is 12.8 Å². The molecule has 0 radical (unpaired) electrons. The molecule has 0 atom stereocenters. The van der Waals surface area contributed by atoms with Gasteiger partial charge in [-0.3, -0.25) is 0 Å². The minimum atomic E-state index is 0.722. The van der Waals surface area contributed by atoms with Crippen molar-refractivity contribution in [3.8, 4) is 0 Å². The fraction of sp³-hybridized carbons (Fsp3) is 0.600. The van der Waals surface area contributed by atoms with Gasteiger partial charge in [-0.25, -0.2) is 0 Å². The molecule has 0 amide bonds. The first-order chi connectivity index (χ1) is 5.36. The fourth-order valence-electron chi connectivity index (χ4n) is 1.03. The monoisotopic (exact) mass is 153 g/mol. The van der Waals surface area contributed by atoms with Crippen molar-refractivity contribution in [2.75, 3.05) is 6.54 Å². The molecular formula is C10H19N. The Kier molecular flexibility index (Phi) is 5.86. The third kappa shape index (κ3) is 3.38. The van der Waals surface area contributed by atoms with Gasteiger partial charge < -0.3 is 5.73 Å². The van der Waals surface area contributed by atoms with Crippen LogP contribution < -0.4 is 5.73 Å². The van der Waals surface area contributed by atoms with Crippen molar-refractivity contribution in [3.63, 3.8) is 0 Å². The molecule has 0 aromatic heterocycles. The maximum atomic E-state index is 5.45.